The van der Waals surface area contributed by atoms with E-state index in [1.807, 2.05) is 11.8 Å². The third-order valence-corrected chi connectivity index (χ3v) is 4.20. The lowest BCUT2D eigenvalue weighted by Gasteiger charge is -2.37. The third kappa shape index (κ3) is 3.38. The Morgan fingerprint density at radius 2 is 2.21 bits per heavy atom. The Labute approximate surface area is 145 Å². The first-order chi connectivity index (χ1) is 11.4. The van der Waals surface area contributed by atoms with Gasteiger partial charge in [0.25, 0.3) is 5.69 Å². The van der Waals surface area contributed by atoms with E-state index in [9.17, 15) is 14.9 Å². The Balaban J connectivity index is 2.55. The van der Waals surface area contributed by atoms with E-state index in [0.29, 0.717) is 28.5 Å². The molecule has 0 saturated heterocycles. The fraction of sp³-hybridized carbons (Fsp3) is 0.375. The molecule has 0 spiro atoms. The van der Waals surface area contributed by atoms with Crippen molar-refractivity contribution in [2.24, 2.45) is 0 Å². The Morgan fingerprint density at radius 1 is 1.50 bits per heavy atom. The molecule has 1 aromatic rings. The quantitative estimate of drug-likeness (QED) is 0.378. The molecule has 128 valence electrons. The molecule has 1 aliphatic heterocycles. The molecule has 1 aliphatic rings. The van der Waals surface area contributed by atoms with Gasteiger partial charge < -0.3 is 15.0 Å². The number of benzene rings is 1. The van der Waals surface area contributed by atoms with Gasteiger partial charge in [-0.05, 0) is 31.1 Å². The maximum Gasteiger partial charge on any atom is 0.337 e. The average Bonchev–Trinajstić information content (AvgIpc) is 2.57. The van der Waals surface area contributed by atoms with E-state index in [0.717, 1.165) is 6.42 Å². The highest BCUT2D eigenvalue weighted by atomic mass is 32.1. The summed E-state index contributed by atoms with van der Waals surface area (Å²) in [4.78, 5) is 24.7. The van der Waals surface area contributed by atoms with Crippen LogP contribution in [0.4, 0.5) is 5.69 Å². The maximum absolute atomic E-state index is 12.3. The number of rotatable bonds is 5. The van der Waals surface area contributed by atoms with Gasteiger partial charge in [0, 0.05) is 24.4 Å². The van der Waals surface area contributed by atoms with Gasteiger partial charge in [-0.25, -0.2) is 4.79 Å². The molecule has 0 radical (unpaired) electrons. The molecule has 0 aromatic heterocycles. The second kappa shape index (κ2) is 7.39. The summed E-state index contributed by atoms with van der Waals surface area (Å²) in [6.07, 6.45) is 0.856. The number of nitrogens with zero attached hydrogens (tertiary/aromatic N) is 2. The van der Waals surface area contributed by atoms with E-state index in [1.54, 1.807) is 19.1 Å². The summed E-state index contributed by atoms with van der Waals surface area (Å²) in [5.41, 5.74) is 1.64. The topological polar surface area (TPSA) is 84.7 Å². The zero-order chi connectivity index (χ0) is 17.9. The van der Waals surface area contributed by atoms with Crippen LogP contribution in [0.1, 0.15) is 31.9 Å². The molecular weight excluding hydrogens is 330 g/mol. The van der Waals surface area contributed by atoms with Crippen molar-refractivity contribution in [2.75, 3.05) is 13.7 Å². The fourth-order valence-electron chi connectivity index (χ4n) is 2.72. The normalized spacial score (nSPS) is 17.5. The van der Waals surface area contributed by atoms with Crippen molar-refractivity contribution >= 4 is 29.0 Å². The van der Waals surface area contributed by atoms with E-state index in [2.05, 4.69) is 5.32 Å². The number of methoxy groups -OCH3 is 1. The molecule has 1 N–H and O–H groups in total. The Bertz CT molecular complexity index is 717. The Hall–Kier alpha value is -2.48. The number of esters is 1. The summed E-state index contributed by atoms with van der Waals surface area (Å²) in [6, 6.07) is 5.56. The van der Waals surface area contributed by atoms with Crippen LogP contribution in [-0.4, -0.2) is 34.6 Å². The van der Waals surface area contributed by atoms with Crippen LogP contribution in [0, 0.1) is 10.1 Å². The minimum absolute atomic E-state index is 0.0434. The highest BCUT2D eigenvalue weighted by Gasteiger charge is 2.34. The molecule has 2 rings (SSSR count). The molecule has 0 amide bonds. The lowest BCUT2D eigenvalue weighted by molar-refractivity contribution is -0.384. The van der Waals surface area contributed by atoms with Gasteiger partial charge in [-0.3, -0.25) is 10.1 Å². The SMILES string of the molecule is CCCN1C(=S)N[C@H](c2cccc([N+](=O)[O-])c2)C(C(=O)OC)=C1C. The molecular formula is C16H19N3O4S. The van der Waals surface area contributed by atoms with Gasteiger partial charge in [-0.2, -0.15) is 0 Å². The summed E-state index contributed by atoms with van der Waals surface area (Å²) in [7, 11) is 1.31. The Kier molecular flexibility index (Phi) is 5.50. The minimum Gasteiger partial charge on any atom is -0.466 e. The van der Waals surface area contributed by atoms with Crippen molar-refractivity contribution in [2.45, 2.75) is 26.3 Å². The number of nitro benzene ring substituents is 1. The molecule has 7 nitrogen and oxygen atoms in total. The maximum atomic E-state index is 12.3. The van der Waals surface area contributed by atoms with Crippen molar-refractivity contribution in [3.05, 3.63) is 51.2 Å². The van der Waals surface area contributed by atoms with Gasteiger partial charge in [0.05, 0.1) is 23.6 Å². The van der Waals surface area contributed by atoms with E-state index in [4.69, 9.17) is 17.0 Å². The first-order valence-corrected chi connectivity index (χ1v) is 7.93. The summed E-state index contributed by atoms with van der Waals surface area (Å²) in [6.45, 7) is 4.49. The number of non-ortho nitro benzene ring substituents is 1. The minimum atomic E-state index is -0.585. The average molecular weight is 349 g/mol. The van der Waals surface area contributed by atoms with Gasteiger partial charge >= 0.3 is 5.97 Å². The van der Waals surface area contributed by atoms with Crippen molar-refractivity contribution < 1.29 is 14.5 Å². The van der Waals surface area contributed by atoms with Gasteiger partial charge in [0.1, 0.15) is 0 Å². The van der Waals surface area contributed by atoms with Crippen LogP contribution in [0.25, 0.3) is 0 Å². The summed E-state index contributed by atoms with van der Waals surface area (Å²) in [5, 5.41) is 14.6. The number of nitro groups is 1. The predicted octanol–water partition coefficient (Wildman–Crippen LogP) is 2.68. The monoisotopic (exact) mass is 349 g/mol. The largest absolute Gasteiger partial charge is 0.466 e. The van der Waals surface area contributed by atoms with Crippen molar-refractivity contribution in [3.8, 4) is 0 Å². The molecule has 1 heterocycles. The number of carbonyl (C=O) groups is 1. The van der Waals surface area contributed by atoms with Gasteiger partial charge in [-0.15, -0.1) is 0 Å². The number of hydrogen-bond acceptors (Lipinski definition) is 5. The van der Waals surface area contributed by atoms with Crippen LogP contribution in [-0.2, 0) is 9.53 Å². The summed E-state index contributed by atoms with van der Waals surface area (Å²) < 4.78 is 4.91. The van der Waals surface area contributed by atoms with Crippen LogP contribution in [0.15, 0.2) is 35.5 Å². The number of thiocarbonyl (C=S) groups is 1. The highest BCUT2D eigenvalue weighted by Crippen LogP contribution is 2.32. The van der Waals surface area contributed by atoms with Gasteiger partial charge in [0.15, 0.2) is 5.11 Å². The highest BCUT2D eigenvalue weighted by molar-refractivity contribution is 7.80. The number of carbonyl (C=O) groups excluding carboxylic acids is 1. The van der Waals surface area contributed by atoms with Crippen LogP contribution in [0.5, 0.6) is 0 Å². The van der Waals surface area contributed by atoms with E-state index < -0.39 is 16.9 Å². The van der Waals surface area contributed by atoms with Gasteiger partial charge in [0.2, 0.25) is 0 Å². The van der Waals surface area contributed by atoms with E-state index in [1.165, 1.54) is 19.2 Å². The lowest BCUT2D eigenvalue weighted by atomic mass is 9.94. The zero-order valence-corrected chi connectivity index (χ0v) is 14.6. The molecule has 0 bridgehead atoms. The van der Waals surface area contributed by atoms with Crippen LogP contribution >= 0.6 is 12.2 Å². The molecule has 8 heteroatoms. The second-order valence-corrected chi connectivity index (χ2v) is 5.76. The summed E-state index contributed by atoms with van der Waals surface area (Å²) >= 11 is 5.40. The van der Waals surface area contributed by atoms with Crippen LogP contribution in [0.2, 0.25) is 0 Å². The second-order valence-electron chi connectivity index (χ2n) is 5.38. The molecule has 0 unspecified atom stereocenters. The molecule has 0 fully saturated rings. The first-order valence-electron chi connectivity index (χ1n) is 7.52. The van der Waals surface area contributed by atoms with E-state index in [-0.39, 0.29) is 5.69 Å². The van der Waals surface area contributed by atoms with Gasteiger partial charge in [-0.1, -0.05) is 19.1 Å². The number of nitrogens with one attached hydrogen (secondary N) is 1. The third-order valence-electron chi connectivity index (χ3n) is 3.86. The molecule has 24 heavy (non-hydrogen) atoms. The van der Waals surface area contributed by atoms with Crippen molar-refractivity contribution in [1.82, 2.24) is 10.2 Å². The van der Waals surface area contributed by atoms with Crippen LogP contribution in [0.3, 0.4) is 0 Å². The molecule has 0 aliphatic carbocycles. The zero-order valence-electron chi connectivity index (χ0n) is 13.7. The standard InChI is InChI=1S/C16H19N3O4S/c1-4-8-18-10(2)13(15(20)23-3)14(17-16(18)24)11-6-5-7-12(9-11)19(21)22/h5-7,9,14H,4,8H2,1-3H3,(H,17,24)/t14-/m1/s1. The van der Waals surface area contributed by atoms with Crippen LogP contribution < -0.4 is 5.32 Å². The first kappa shape index (κ1) is 17.9. The Morgan fingerprint density at radius 3 is 2.79 bits per heavy atom. The molecule has 1 atom stereocenters. The van der Waals surface area contributed by atoms with Crippen molar-refractivity contribution in [3.63, 3.8) is 0 Å². The number of hydrogen-bond donors (Lipinski definition) is 1. The number of allylic oxidation sites excluding steroid dienone is 1. The summed E-state index contributed by atoms with van der Waals surface area (Å²) in [5.74, 6) is -0.486. The molecule has 1 aromatic carbocycles. The lowest BCUT2D eigenvalue weighted by Crippen LogP contribution is -2.48. The number of ether oxygens (including phenoxy) is 1. The van der Waals surface area contributed by atoms with Crippen molar-refractivity contribution in [1.29, 1.82) is 0 Å². The predicted molar refractivity (Wildman–Crippen MR) is 93.3 cm³/mol. The smallest absolute Gasteiger partial charge is 0.337 e. The van der Waals surface area contributed by atoms with E-state index >= 15 is 0 Å². The fourth-order valence-corrected chi connectivity index (χ4v) is 3.06. The molecule has 0 saturated carbocycles.